The maximum atomic E-state index is 12.5. The number of esters is 1. The molecule has 172 valence electrons. The quantitative estimate of drug-likeness (QED) is 0.474. The highest BCUT2D eigenvalue weighted by atomic mass is 32.2. The highest BCUT2D eigenvalue weighted by molar-refractivity contribution is 7.89. The van der Waals surface area contributed by atoms with Gasteiger partial charge in [-0.1, -0.05) is 6.07 Å². The maximum Gasteiger partial charge on any atom is 0.308 e. The molecule has 0 saturated carbocycles. The standard InChI is InChI=1S/C21H26N4O5S2/c1-5-25-18-9-8-15(32(28,29)24(3)4)11-16(18)23-20(25)13-30-21(27)12-17(22-14(2)26)19-7-6-10-31-19/h6-11,17H,5,12-13H2,1-4H3,(H,22,26). The number of carbonyl (C=O) groups is 2. The zero-order chi connectivity index (χ0) is 23.5. The topological polar surface area (TPSA) is 111 Å². The molecule has 2 aromatic heterocycles. The fraction of sp³-hybridized carbons (Fsp3) is 0.381. The third kappa shape index (κ3) is 5.17. The van der Waals surface area contributed by atoms with Crippen LogP contribution >= 0.6 is 11.3 Å². The summed E-state index contributed by atoms with van der Waals surface area (Å²) >= 11 is 1.45. The molecule has 0 bridgehead atoms. The number of fused-ring (bicyclic) bond motifs is 1. The smallest absolute Gasteiger partial charge is 0.308 e. The van der Waals surface area contributed by atoms with Crippen LogP contribution in [0.15, 0.2) is 40.6 Å². The van der Waals surface area contributed by atoms with Crippen LogP contribution in [0.2, 0.25) is 0 Å². The molecule has 0 aliphatic carbocycles. The Balaban J connectivity index is 1.77. The summed E-state index contributed by atoms with van der Waals surface area (Å²) in [5.41, 5.74) is 1.27. The minimum absolute atomic E-state index is 0.00231. The van der Waals surface area contributed by atoms with E-state index in [4.69, 9.17) is 4.74 Å². The Morgan fingerprint density at radius 2 is 2.03 bits per heavy atom. The van der Waals surface area contributed by atoms with Gasteiger partial charge >= 0.3 is 5.97 Å². The largest absolute Gasteiger partial charge is 0.457 e. The predicted molar refractivity (Wildman–Crippen MR) is 122 cm³/mol. The SMILES string of the molecule is CCn1c(COC(=O)CC(NC(C)=O)c2cccs2)nc2cc(S(=O)(=O)N(C)C)ccc21. The number of rotatable bonds is 9. The number of carbonyl (C=O) groups excluding carboxylic acids is 2. The molecule has 0 aliphatic heterocycles. The summed E-state index contributed by atoms with van der Waals surface area (Å²) < 4.78 is 33.3. The number of hydrogen-bond acceptors (Lipinski definition) is 7. The van der Waals surface area contributed by atoms with Crippen molar-refractivity contribution in [2.24, 2.45) is 0 Å². The summed E-state index contributed by atoms with van der Waals surface area (Å²) in [6, 6.07) is 8.02. The zero-order valence-corrected chi connectivity index (χ0v) is 20.0. The highest BCUT2D eigenvalue weighted by Crippen LogP contribution is 2.24. The Hall–Kier alpha value is -2.76. The van der Waals surface area contributed by atoms with Crippen LogP contribution in [0, 0.1) is 0 Å². The van der Waals surface area contributed by atoms with Gasteiger partial charge in [0.15, 0.2) is 0 Å². The molecule has 0 saturated heterocycles. The summed E-state index contributed by atoms with van der Waals surface area (Å²) in [6.07, 6.45) is -0.00231. The van der Waals surface area contributed by atoms with Crippen molar-refractivity contribution in [1.82, 2.24) is 19.2 Å². The molecule has 1 atom stereocenters. The first kappa shape index (κ1) is 23.9. The Bertz CT molecular complexity index is 1220. The van der Waals surface area contributed by atoms with Gasteiger partial charge in [-0.05, 0) is 36.6 Å². The van der Waals surface area contributed by atoms with Crippen molar-refractivity contribution in [1.29, 1.82) is 0 Å². The number of ether oxygens (including phenoxy) is 1. The second-order valence-electron chi connectivity index (χ2n) is 7.34. The number of aromatic nitrogens is 2. The Morgan fingerprint density at radius 1 is 1.28 bits per heavy atom. The summed E-state index contributed by atoms with van der Waals surface area (Å²) in [5.74, 6) is -0.183. The lowest BCUT2D eigenvalue weighted by Gasteiger charge is -2.16. The van der Waals surface area contributed by atoms with Gasteiger partial charge in [0.05, 0.1) is 28.4 Å². The molecule has 3 aromatic rings. The van der Waals surface area contributed by atoms with E-state index in [1.807, 2.05) is 29.0 Å². The average molecular weight is 479 g/mol. The number of sulfonamides is 1. The van der Waals surface area contributed by atoms with Crippen molar-refractivity contribution < 1.29 is 22.7 Å². The fourth-order valence-electron chi connectivity index (χ4n) is 3.32. The van der Waals surface area contributed by atoms with Crippen molar-refractivity contribution in [3.63, 3.8) is 0 Å². The lowest BCUT2D eigenvalue weighted by molar-refractivity contribution is -0.146. The molecule has 3 rings (SSSR count). The summed E-state index contributed by atoms with van der Waals surface area (Å²) in [7, 11) is -0.641. The molecule has 0 fully saturated rings. The van der Waals surface area contributed by atoms with Crippen LogP contribution in [0.4, 0.5) is 0 Å². The van der Waals surface area contributed by atoms with E-state index in [1.165, 1.54) is 38.4 Å². The van der Waals surface area contributed by atoms with E-state index in [1.54, 1.807) is 12.1 Å². The first-order valence-electron chi connectivity index (χ1n) is 10.0. The summed E-state index contributed by atoms with van der Waals surface area (Å²) in [4.78, 5) is 29.5. The first-order chi connectivity index (χ1) is 15.1. The van der Waals surface area contributed by atoms with Gasteiger partial charge in [0.25, 0.3) is 0 Å². The number of nitrogens with one attached hydrogen (secondary N) is 1. The van der Waals surface area contributed by atoms with Gasteiger partial charge < -0.3 is 14.6 Å². The molecule has 2 heterocycles. The van der Waals surface area contributed by atoms with E-state index in [2.05, 4.69) is 10.3 Å². The van der Waals surface area contributed by atoms with E-state index in [9.17, 15) is 18.0 Å². The van der Waals surface area contributed by atoms with Crippen LogP contribution in [-0.4, -0.2) is 48.2 Å². The number of benzene rings is 1. The molecular weight excluding hydrogens is 452 g/mol. The molecule has 9 nitrogen and oxygen atoms in total. The van der Waals surface area contributed by atoms with Crippen molar-refractivity contribution >= 4 is 44.3 Å². The van der Waals surface area contributed by atoms with Crippen LogP contribution in [0.3, 0.4) is 0 Å². The van der Waals surface area contributed by atoms with Gasteiger partial charge in [-0.25, -0.2) is 17.7 Å². The molecule has 0 spiro atoms. The predicted octanol–water partition coefficient (Wildman–Crippen LogP) is 2.68. The number of amides is 1. The molecule has 1 aromatic carbocycles. The molecule has 1 N–H and O–H groups in total. The van der Waals surface area contributed by atoms with Crippen molar-refractivity contribution in [3.8, 4) is 0 Å². The molecular formula is C21H26N4O5S2. The fourth-order valence-corrected chi connectivity index (χ4v) is 5.02. The summed E-state index contributed by atoms with van der Waals surface area (Å²) in [5, 5.41) is 4.65. The van der Waals surface area contributed by atoms with Crippen LogP contribution in [0.25, 0.3) is 11.0 Å². The normalized spacial score (nSPS) is 12.8. The minimum atomic E-state index is -3.58. The van der Waals surface area contributed by atoms with Crippen molar-refractivity contribution in [2.75, 3.05) is 14.1 Å². The Kier molecular flexibility index (Phi) is 7.32. The lowest BCUT2D eigenvalue weighted by Crippen LogP contribution is -2.28. The van der Waals surface area contributed by atoms with Crippen LogP contribution in [-0.2, 0) is 37.5 Å². The van der Waals surface area contributed by atoms with E-state index in [-0.39, 0.29) is 23.8 Å². The highest BCUT2D eigenvalue weighted by Gasteiger charge is 2.22. The second kappa shape index (κ2) is 9.80. The Labute approximate surface area is 191 Å². The number of thiophene rings is 1. The van der Waals surface area contributed by atoms with Gasteiger partial charge in [-0.3, -0.25) is 9.59 Å². The van der Waals surface area contributed by atoms with E-state index in [0.29, 0.717) is 17.9 Å². The van der Waals surface area contributed by atoms with Crippen LogP contribution in [0.1, 0.15) is 37.0 Å². The number of aryl methyl sites for hydroxylation is 1. The molecule has 11 heteroatoms. The molecule has 0 aliphatic rings. The summed E-state index contributed by atoms with van der Waals surface area (Å²) in [6.45, 7) is 3.85. The minimum Gasteiger partial charge on any atom is -0.457 e. The molecule has 0 radical (unpaired) electrons. The van der Waals surface area contributed by atoms with E-state index >= 15 is 0 Å². The number of nitrogens with zero attached hydrogens (tertiary/aromatic N) is 3. The number of hydrogen-bond donors (Lipinski definition) is 1. The van der Waals surface area contributed by atoms with Crippen LogP contribution < -0.4 is 5.32 Å². The monoisotopic (exact) mass is 478 g/mol. The molecule has 1 amide bonds. The van der Waals surface area contributed by atoms with E-state index < -0.39 is 22.0 Å². The van der Waals surface area contributed by atoms with Gasteiger partial charge in [-0.2, -0.15) is 0 Å². The van der Waals surface area contributed by atoms with Crippen LogP contribution in [0.5, 0.6) is 0 Å². The zero-order valence-electron chi connectivity index (χ0n) is 18.4. The molecule has 32 heavy (non-hydrogen) atoms. The van der Waals surface area contributed by atoms with Crippen molar-refractivity contribution in [3.05, 3.63) is 46.4 Å². The van der Waals surface area contributed by atoms with Gasteiger partial charge in [0.2, 0.25) is 15.9 Å². The average Bonchev–Trinajstić information content (AvgIpc) is 3.38. The Morgan fingerprint density at radius 3 is 2.62 bits per heavy atom. The van der Waals surface area contributed by atoms with E-state index in [0.717, 1.165) is 14.7 Å². The third-order valence-electron chi connectivity index (χ3n) is 4.89. The third-order valence-corrected chi connectivity index (χ3v) is 7.69. The maximum absolute atomic E-state index is 12.5. The number of imidazole rings is 1. The second-order valence-corrected chi connectivity index (χ2v) is 10.5. The van der Waals surface area contributed by atoms with Gasteiger partial charge in [0.1, 0.15) is 12.4 Å². The van der Waals surface area contributed by atoms with Gasteiger partial charge in [0, 0.05) is 32.4 Å². The van der Waals surface area contributed by atoms with Gasteiger partial charge in [-0.15, -0.1) is 11.3 Å². The lowest BCUT2D eigenvalue weighted by atomic mass is 10.1. The molecule has 1 unspecified atom stereocenters. The first-order valence-corrected chi connectivity index (χ1v) is 12.3. The van der Waals surface area contributed by atoms with Crippen molar-refractivity contribution in [2.45, 2.75) is 44.4 Å².